The standard InChI is InChI=1S/C21H17N3O3S/c1-12-20(28-13(2)23-12)18(25)16-17(14-7-6-10-22-11-14)24(21(27)19(16)26)15-8-4-3-5-9-15/h3-11,17,26H,1-2H3. The summed E-state index contributed by atoms with van der Waals surface area (Å²) in [4.78, 5) is 36.6. The minimum atomic E-state index is -0.766. The summed E-state index contributed by atoms with van der Waals surface area (Å²) in [5, 5.41) is 11.4. The van der Waals surface area contributed by atoms with Crippen molar-refractivity contribution in [1.82, 2.24) is 9.97 Å². The molecule has 1 unspecified atom stereocenters. The van der Waals surface area contributed by atoms with Gasteiger partial charge in [0.25, 0.3) is 5.91 Å². The van der Waals surface area contributed by atoms with Crippen LogP contribution in [0.1, 0.15) is 32.0 Å². The Morgan fingerprint density at radius 1 is 1.14 bits per heavy atom. The summed E-state index contributed by atoms with van der Waals surface area (Å²) in [5.41, 5.74) is 1.87. The molecule has 1 aliphatic heterocycles. The second kappa shape index (κ2) is 7.01. The van der Waals surface area contributed by atoms with Crippen LogP contribution in [0, 0.1) is 13.8 Å². The molecule has 0 saturated carbocycles. The first-order valence-corrected chi connectivity index (χ1v) is 9.51. The lowest BCUT2D eigenvalue weighted by Crippen LogP contribution is -2.31. The fraction of sp³-hybridized carbons (Fsp3) is 0.143. The van der Waals surface area contributed by atoms with Crippen molar-refractivity contribution in [2.75, 3.05) is 4.90 Å². The lowest BCUT2D eigenvalue weighted by Gasteiger charge is -2.26. The van der Waals surface area contributed by atoms with E-state index in [-0.39, 0.29) is 11.4 Å². The average molecular weight is 391 g/mol. The molecule has 1 amide bonds. The number of pyridine rings is 1. The maximum Gasteiger partial charge on any atom is 0.294 e. The Bertz CT molecular complexity index is 1090. The minimum Gasteiger partial charge on any atom is -0.503 e. The average Bonchev–Trinajstić information content (AvgIpc) is 3.18. The zero-order valence-electron chi connectivity index (χ0n) is 15.3. The first-order chi connectivity index (χ1) is 13.5. The molecule has 1 aliphatic rings. The summed E-state index contributed by atoms with van der Waals surface area (Å²) >= 11 is 1.26. The van der Waals surface area contributed by atoms with Crippen LogP contribution in [0.2, 0.25) is 0 Å². The third-order valence-electron chi connectivity index (χ3n) is 4.60. The number of carbonyl (C=O) groups excluding carboxylic acids is 2. The smallest absolute Gasteiger partial charge is 0.294 e. The summed E-state index contributed by atoms with van der Waals surface area (Å²) in [6.07, 6.45) is 3.22. The van der Waals surface area contributed by atoms with Gasteiger partial charge in [0.05, 0.1) is 27.2 Å². The van der Waals surface area contributed by atoms with E-state index in [1.807, 2.05) is 13.0 Å². The molecule has 0 radical (unpaired) electrons. The Kier molecular flexibility index (Phi) is 4.52. The number of aryl methyl sites for hydroxylation is 2. The molecule has 7 heteroatoms. The van der Waals surface area contributed by atoms with Crippen molar-refractivity contribution in [3.63, 3.8) is 0 Å². The molecule has 4 rings (SSSR count). The van der Waals surface area contributed by atoms with Crippen molar-refractivity contribution >= 4 is 28.7 Å². The van der Waals surface area contributed by atoms with Gasteiger partial charge >= 0.3 is 0 Å². The number of nitrogens with zero attached hydrogens (tertiary/aromatic N) is 3. The minimum absolute atomic E-state index is 0.0496. The van der Waals surface area contributed by atoms with Gasteiger partial charge in [-0.15, -0.1) is 11.3 Å². The van der Waals surface area contributed by atoms with Gasteiger partial charge < -0.3 is 5.11 Å². The maximum absolute atomic E-state index is 13.4. The van der Waals surface area contributed by atoms with Gasteiger partial charge in [0.1, 0.15) is 0 Å². The molecule has 0 saturated heterocycles. The Morgan fingerprint density at radius 3 is 2.50 bits per heavy atom. The van der Waals surface area contributed by atoms with E-state index >= 15 is 0 Å². The monoisotopic (exact) mass is 391 g/mol. The highest BCUT2D eigenvalue weighted by molar-refractivity contribution is 7.14. The van der Waals surface area contributed by atoms with Crippen LogP contribution in [-0.4, -0.2) is 26.8 Å². The van der Waals surface area contributed by atoms with Crippen LogP contribution in [0.5, 0.6) is 0 Å². The van der Waals surface area contributed by atoms with E-state index in [1.54, 1.807) is 55.7 Å². The molecule has 1 aromatic carbocycles. The number of aliphatic hydroxyl groups excluding tert-OH is 1. The van der Waals surface area contributed by atoms with Gasteiger partial charge in [-0.05, 0) is 37.6 Å². The predicted octanol–water partition coefficient (Wildman–Crippen LogP) is 3.94. The second-order valence-electron chi connectivity index (χ2n) is 6.44. The Morgan fingerprint density at radius 2 is 1.89 bits per heavy atom. The van der Waals surface area contributed by atoms with E-state index in [2.05, 4.69) is 9.97 Å². The topological polar surface area (TPSA) is 83.4 Å². The fourth-order valence-electron chi connectivity index (χ4n) is 3.41. The van der Waals surface area contributed by atoms with Crippen LogP contribution in [0.15, 0.2) is 66.2 Å². The number of para-hydroxylation sites is 1. The number of hydrogen-bond donors (Lipinski definition) is 1. The molecule has 1 N–H and O–H groups in total. The van der Waals surface area contributed by atoms with Crippen LogP contribution < -0.4 is 4.90 Å². The SMILES string of the molecule is Cc1nc(C)c(C(=O)C2=C(O)C(=O)N(c3ccccc3)C2c2cccnc2)s1. The first-order valence-electron chi connectivity index (χ1n) is 8.69. The highest BCUT2D eigenvalue weighted by Crippen LogP contribution is 2.42. The van der Waals surface area contributed by atoms with Crippen molar-refractivity contribution < 1.29 is 14.7 Å². The van der Waals surface area contributed by atoms with Crippen molar-refractivity contribution in [3.05, 3.63) is 87.3 Å². The third kappa shape index (κ3) is 2.90. The van der Waals surface area contributed by atoms with Crippen LogP contribution in [0.4, 0.5) is 5.69 Å². The van der Waals surface area contributed by atoms with E-state index in [9.17, 15) is 14.7 Å². The number of rotatable bonds is 4. The number of amides is 1. The molecule has 3 heterocycles. The van der Waals surface area contributed by atoms with E-state index < -0.39 is 17.7 Å². The highest BCUT2D eigenvalue weighted by atomic mass is 32.1. The van der Waals surface area contributed by atoms with E-state index in [1.165, 1.54) is 16.2 Å². The number of aromatic nitrogens is 2. The Labute approximate surface area is 165 Å². The molecule has 2 aromatic heterocycles. The summed E-state index contributed by atoms with van der Waals surface area (Å²) in [5.74, 6) is -1.53. The van der Waals surface area contributed by atoms with Crippen LogP contribution >= 0.6 is 11.3 Å². The Hall–Kier alpha value is -3.32. The van der Waals surface area contributed by atoms with E-state index in [0.717, 1.165) is 5.01 Å². The molecule has 0 spiro atoms. The van der Waals surface area contributed by atoms with Gasteiger partial charge in [0, 0.05) is 18.1 Å². The molecular weight excluding hydrogens is 374 g/mol. The predicted molar refractivity (Wildman–Crippen MR) is 106 cm³/mol. The summed E-state index contributed by atoms with van der Waals surface area (Å²) < 4.78 is 0. The summed E-state index contributed by atoms with van der Waals surface area (Å²) in [7, 11) is 0. The molecular formula is C21H17N3O3S. The molecule has 1 atom stereocenters. The molecule has 6 nitrogen and oxygen atoms in total. The van der Waals surface area contributed by atoms with Crippen molar-refractivity contribution in [1.29, 1.82) is 0 Å². The van der Waals surface area contributed by atoms with E-state index in [0.29, 0.717) is 21.8 Å². The van der Waals surface area contributed by atoms with Crippen LogP contribution in [-0.2, 0) is 4.79 Å². The zero-order valence-corrected chi connectivity index (χ0v) is 16.1. The maximum atomic E-state index is 13.4. The third-order valence-corrected chi connectivity index (χ3v) is 5.67. The van der Waals surface area contributed by atoms with E-state index in [4.69, 9.17) is 0 Å². The number of thiazole rings is 1. The lowest BCUT2D eigenvalue weighted by molar-refractivity contribution is -0.117. The lowest BCUT2D eigenvalue weighted by atomic mass is 9.96. The van der Waals surface area contributed by atoms with Gasteiger partial charge in [-0.1, -0.05) is 24.3 Å². The first kappa shape index (κ1) is 18.1. The van der Waals surface area contributed by atoms with Gasteiger partial charge in [0.15, 0.2) is 5.76 Å². The number of ketones is 1. The molecule has 0 fully saturated rings. The molecule has 28 heavy (non-hydrogen) atoms. The number of Topliss-reactive ketones (excluding diaryl/α,β-unsaturated/α-hetero) is 1. The van der Waals surface area contributed by atoms with Crippen LogP contribution in [0.25, 0.3) is 0 Å². The number of carbonyl (C=O) groups is 2. The van der Waals surface area contributed by atoms with Gasteiger partial charge in [-0.3, -0.25) is 19.5 Å². The number of hydrogen-bond acceptors (Lipinski definition) is 6. The quantitative estimate of drug-likeness (QED) is 0.681. The molecule has 3 aromatic rings. The second-order valence-corrected chi connectivity index (χ2v) is 7.64. The summed E-state index contributed by atoms with van der Waals surface area (Å²) in [6.45, 7) is 3.57. The Balaban J connectivity index is 1.89. The normalized spacial score (nSPS) is 16.7. The molecule has 140 valence electrons. The number of anilines is 1. The number of benzene rings is 1. The highest BCUT2D eigenvalue weighted by Gasteiger charge is 2.45. The van der Waals surface area contributed by atoms with Gasteiger partial charge in [0.2, 0.25) is 5.78 Å². The number of aliphatic hydroxyl groups is 1. The van der Waals surface area contributed by atoms with Crippen molar-refractivity contribution in [2.24, 2.45) is 0 Å². The fourth-order valence-corrected chi connectivity index (χ4v) is 4.28. The largest absolute Gasteiger partial charge is 0.503 e. The van der Waals surface area contributed by atoms with Crippen molar-refractivity contribution in [3.8, 4) is 0 Å². The van der Waals surface area contributed by atoms with Gasteiger partial charge in [-0.25, -0.2) is 4.98 Å². The summed E-state index contributed by atoms with van der Waals surface area (Å²) in [6, 6.07) is 11.7. The zero-order chi connectivity index (χ0) is 19.8. The van der Waals surface area contributed by atoms with Crippen molar-refractivity contribution in [2.45, 2.75) is 19.9 Å². The van der Waals surface area contributed by atoms with Gasteiger partial charge in [-0.2, -0.15) is 0 Å². The molecule has 0 aliphatic carbocycles. The van der Waals surface area contributed by atoms with Crippen LogP contribution in [0.3, 0.4) is 0 Å². The molecule has 0 bridgehead atoms.